The fourth-order valence-corrected chi connectivity index (χ4v) is 3.97. The Bertz CT molecular complexity index is 697. The molecule has 1 aromatic carbocycles. The standard InChI is InChI=1S/C16H21NO6S/c18-16(17-24(19,20)11-13-4-1-2-7-21-13)12-5-6-14-15(10-12)23-9-3-8-22-14/h5-6,10,13H,1-4,7-9,11H2,(H,17,18). The highest BCUT2D eigenvalue weighted by atomic mass is 32.2. The maximum Gasteiger partial charge on any atom is 0.264 e. The number of fused-ring (bicyclic) bond motifs is 1. The van der Waals surface area contributed by atoms with Crippen LogP contribution in [0, 0.1) is 0 Å². The molecule has 3 rings (SSSR count). The predicted molar refractivity (Wildman–Crippen MR) is 86.9 cm³/mol. The predicted octanol–water partition coefficient (Wildman–Crippen LogP) is 1.48. The minimum absolute atomic E-state index is 0.205. The highest BCUT2D eigenvalue weighted by Gasteiger charge is 2.24. The van der Waals surface area contributed by atoms with Crippen LogP contribution < -0.4 is 14.2 Å². The molecule has 8 heteroatoms. The molecule has 1 unspecified atom stereocenters. The van der Waals surface area contributed by atoms with Gasteiger partial charge >= 0.3 is 0 Å². The van der Waals surface area contributed by atoms with Crippen molar-refractivity contribution in [3.63, 3.8) is 0 Å². The van der Waals surface area contributed by atoms with Gasteiger partial charge in [0.25, 0.3) is 5.91 Å². The molecule has 1 saturated heterocycles. The molecule has 1 fully saturated rings. The highest BCUT2D eigenvalue weighted by Crippen LogP contribution is 2.30. The SMILES string of the molecule is O=C(NS(=O)(=O)CC1CCCCO1)c1ccc2c(c1)OCCCO2. The summed E-state index contributed by atoms with van der Waals surface area (Å²) in [6.07, 6.45) is 2.98. The van der Waals surface area contributed by atoms with Crippen LogP contribution in [0.1, 0.15) is 36.0 Å². The molecule has 0 radical (unpaired) electrons. The molecule has 0 aliphatic carbocycles. The summed E-state index contributed by atoms with van der Waals surface area (Å²) in [6.45, 7) is 1.61. The van der Waals surface area contributed by atoms with Crippen LogP contribution in [0.3, 0.4) is 0 Å². The van der Waals surface area contributed by atoms with Crippen LogP contribution in [-0.4, -0.2) is 46.0 Å². The van der Waals surface area contributed by atoms with Gasteiger partial charge in [0.1, 0.15) is 0 Å². The minimum atomic E-state index is -3.75. The average molecular weight is 355 g/mol. The van der Waals surface area contributed by atoms with E-state index in [9.17, 15) is 13.2 Å². The number of carbonyl (C=O) groups excluding carboxylic acids is 1. The summed E-state index contributed by atoms with van der Waals surface area (Å²) in [6, 6.07) is 4.64. The third-order valence-corrected chi connectivity index (χ3v) is 5.24. The summed E-state index contributed by atoms with van der Waals surface area (Å²) in [7, 11) is -3.75. The smallest absolute Gasteiger partial charge is 0.264 e. The molecule has 1 N–H and O–H groups in total. The molecule has 2 heterocycles. The maximum absolute atomic E-state index is 12.2. The molecular formula is C16H21NO6S. The Kier molecular flexibility index (Phi) is 5.25. The number of rotatable bonds is 4. The van der Waals surface area contributed by atoms with Gasteiger partial charge in [-0.05, 0) is 37.5 Å². The van der Waals surface area contributed by atoms with E-state index in [0.29, 0.717) is 37.7 Å². The van der Waals surface area contributed by atoms with Gasteiger partial charge in [-0.1, -0.05) is 0 Å². The van der Waals surface area contributed by atoms with Gasteiger partial charge in [-0.25, -0.2) is 13.1 Å². The Morgan fingerprint density at radius 2 is 1.88 bits per heavy atom. The number of amides is 1. The van der Waals surface area contributed by atoms with Gasteiger partial charge in [0, 0.05) is 18.6 Å². The van der Waals surface area contributed by atoms with Crippen molar-refractivity contribution in [2.24, 2.45) is 0 Å². The number of nitrogens with one attached hydrogen (secondary N) is 1. The normalized spacial score (nSPS) is 20.9. The first kappa shape index (κ1) is 17.0. The van der Waals surface area contributed by atoms with Gasteiger partial charge < -0.3 is 14.2 Å². The van der Waals surface area contributed by atoms with Gasteiger partial charge in [-0.3, -0.25) is 4.79 Å². The van der Waals surface area contributed by atoms with Crippen molar-refractivity contribution in [2.75, 3.05) is 25.6 Å². The summed E-state index contributed by atoms with van der Waals surface area (Å²) >= 11 is 0. The van der Waals surface area contributed by atoms with Crippen LogP contribution in [-0.2, 0) is 14.8 Å². The zero-order valence-corrected chi connectivity index (χ0v) is 14.1. The Labute approximate surface area is 141 Å². The third-order valence-electron chi connectivity index (χ3n) is 3.94. The van der Waals surface area contributed by atoms with E-state index >= 15 is 0 Å². The van der Waals surface area contributed by atoms with Crippen molar-refractivity contribution in [1.29, 1.82) is 0 Å². The molecule has 1 amide bonds. The molecule has 1 aromatic rings. The van der Waals surface area contributed by atoms with E-state index in [1.807, 2.05) is 0 Å². The molecule has 2 aliphatic heterocycles. The molecule has 0 saturated carbocycles. The van der Waals surface area contributed by atoms with Crippen molar-refractivity contribution in [2.45, 2.75) is 31.8 Å². The molecule has 1 atom stereocenters. The van der Waals surface area contributed by atoms with E-state index in [0.717, 1.165) is 19.3 Å². The van der Waals surface area contributed by atoms with E-state index < -0.39 is 15.9 Å². The second-order valence-corrected chi connectivity index (χ2v) is 7.68. The van der Waals surface area contributed by atoms with E-state index in [1.165, 1.54) is 12.1 Å². The number of benzene rings is 1. The average Bonchev–Trinajstić information content (AvgIpc) is 2.79. The molecule has 2 aliphatic rings. The van der Waals surface area contributed by atoms with Gasteiger partial charge in [-0.15, -0.1) is 0 Å². The Morgan fingerprint density at radius 3 is 2.62 bits per heavy atom. The molecule has 0 aromatic heterocycles. The van der Waals surface area contributed by atoms with Crippen LogP contribution in [0.5, 0.6) is 11.5 Å². The Morgan fingerprint density at radius 1 is 1.08 bits per heavy atom. The molecule has 132 valence electrons. The lowest BCUT2D eigenvalue weighted by atomic mass is 10.1. The third kappa shape index (κ3) is 4.39. The first-order valence-corrected chi connectivity index (χ1v) is 9.75. The number of sulfonamides is 1. The summed E-state index contributed by atoms with van der Waals surface area (Å²) < 4.78 is 42.8. The van der Waals surface area contributed by atoms with Gasteiger partial charge in [0.2, 0.25) is 10.0 Å². The molecule has 0 bridgehead atoms. The van der Waals surface area contributed by atoms with Crippen LogP contribution >= 0.6 is 0 Å². The Hall–Kier alpha value is -1.80. The maximum atomic E-state index is 12.2. The number of carbonyl (C=O) groups is 1. The molecular weight excluding hydrogens is 334 g/mol. The van der Waals surface area contributed by atoms with Gasteiger partial charge in [-0.2, -0.15) is 0 Å². The van der Waals surface area contributed by atoms with Crippen molar-refractivity contribution >= 4 is 15.9 Å². The highest BCUT2D eigenvalue weighted by molar-refractivity contribution is 7.90. The largest absolute Gasteiger partial charge is 0.490 e. The first-order chi connectivity index (χ1) is 11.5. The topological polar surface area (TPSA) is 90.9 Å². The summed E-state index contributed by atoms with van der Waals surface area (Å²) in [5, 5.41) is 0. The van der Waals surface area contributed by atoms with Crippen LogP contribution in [0.25, 0.3) is 0 Å². The van der Waals surface area contributed by atoms with Crippen LogP contribution in [0.15, 0.2) is 18.2 Å². The van der Waals surface area contributed by atoms with Crippen molar-refractivity contribution < 1.29 is 27.4 Å². The van der Waals surface area contributed by atoms with E-state index in [4.69, 9.17) is 14.2 Å². The zero-order chi connectivity index (χ0) is 17.0. The molecule has 7 nitrogen and oxygen atoms in total. The summed E-state index contributed by atoms with van der Waals surface area (Å²) in [5.41, 5.74) is 0.215. The van der Waals surface area contributed by atoms with Gasteiger partial charge in [0.15, 0.2) is 11.5 Å². The quantitative estimate of drug-likeness (QED) is 0.880. The fraction of sp³-hybridized carbons (Fsp3) is 0.562. The second-order valence-electron chi connectivity index (χ2n) is 5.91. The Balaban J connectivity index is 1.66. The monoisotopic (exact) mass is 355 g/mol. The van der Waals surface area contributed by atoms with Gasteiger partial charge in [0.05, 0.1) is 25.1 Å². The lowest BCUT2D eigenvalue weighted by Crippen LogP contribution is -2.38. The van der Waals surface area contributed by atoms with E-state index in [-0.39, 0.29) is 17.4 Å². The van der Waals surface area contributed by atoms with Crippen LogP contribution in [0.2, 0.25) is 0 Å². The minimum Gasteiger partial charge on any atom is -0.490 e. The van der Waals surface area contributed by atoms with E-state index in [2.05, 4.69) is 4.72 Å². The van der Waals surface area contributed by atoms with Crippen molar-refractivity contribution in [3.8, 4) is 11.5 Å². The lowest BCUT2D eigenvalue weighted by molar-refractivity contribution is 0.0304. The van der Waals surface area contributed by atoms with Crippen molar-refractivity contribution in [1.82, 2.24) is 4.72 Å². The number of hydrogen-bond acceptors (Lipinski definition) is 6. The summed E-state index contributed by atoms with van der Waals surface area (Å²) in [4.78, 5) is 12.2. The van der Waals surface area contributed by atoms with Crippen molar-refractivity contribution in [3.05, 3.63) is 23.8 Å². The lowest BCUT2D eigenvalue weighted by Gasteiger charge is -2.22. The second kappa shape index (κ2) is 7.40. The fourth-order valence-electron chi connectivity index (χ4n) is 2.73. The zero-order valence-electron chi connectivity index (χ0n) is 13.3. The number of ether oxygens (including phenoxy) is 3. The first-order valence-electron chi connectivity index (χ1n) is 8.09. The van der Waals surface area contributed by atoms with Crippen LogP contribution in [0.4, 0.5) is 0 Å². The summed E-state index contributed by atoms with van der Waals surface area (Å²) in [5.74, 6) is 0.126. The number of hydrogen-bond donors (Lipinski definition) is 1. The van der Waals surface area contributed by atoms with E-state index in [1.54, 1.807) is 6.07 Å². The molecule has 0 spiro atoms. The molecule has 24 heavy (non-hydrogen) atoms.